The highest BCUT2D eigenvalue weighted by atomic mass is 16.3. The second-order valence-corrected chi connectivity index (χ2v) is 5.21. The number of piperidine rings is 1. The molecule has 1 saturated heterocycles. The van der Waals surface area contributed by atoms with Crippen LogP contribution in [0.1, 0.15) is 24.8 Å². The fourth-order valence-electron chi connectivity index (χ4n) is 2.53. The lowest BCUT2D eigenvalue weighted by atomic mass is 9.97. The summed E-state index contributed by atoms with van der Waals surface area (Å²) in [5, 5.41) is 9.08. The van der Waals surface area contributed by atoms with Gasteiger partial charge in [0.1, 0.15) is 0 Å². The molecule has 19 heavy (non-hydrogen) atoms. The van der Waals surface area contributed by atoms with E-state index in [9.17, 15) is 4.79 Å². The van der Waals surface area contributed by atoms with Crippen molar-refractivity contribution in [1.29, 1.82) is 0 Å². The third kappa shape index (κ3) is 3.70. The van der Waals surface area contributed by atoms with E-state index >= 15 is 0 Å². The topological polar surface area (TPSA) is 66.6 Å². The van der Waals surface area contributed by atoms with Gasteiger partial charge in [0.05, 0.1) is 0 Å². The number of aliphatic hydroxyl groups excluding tert-OH is 1. The lowest BCUT2D eigenvalue weighted by molar-refractivity contribution is -0.132. The number of rotatable bonds is 4. The van der Waals surface area contributed by atoms with E-state index in [1.807, 2.05) is 29.2 Å². The molecule has 1 amide bonds. The Balaban J connectivity index is 1.81. The molecule has 1 aliphatic rings. The average Bonchev–Trinajstić information content (AvgIpc) is 2.46. The number of carbonyl (C=O) groups excluding carboxylic acids is 1. The summed E-state index contributed by atoms with van der Waals surface area (Å²) in [5.74, 6) is 0.563. The van der Waals surface area contributed by atoms with Crippen LogP contribution in [0.25, 0.3) is 0 Å². The van der Waals surface area contributed by atoms with Gasteiger partial charge in [-0.15, -0.1) is 0 Å². The fourth-order valence-corrected chi connectivity index (χ4v) is 2.53. The quantitative estimate of drug-likeness (QED) is 0.807. The van der Waals surface area contributed by atoms with Crippen LogP contribution in [0.4, 0.5) is 5.69 Å². The Morgan fingerprint density at radius 2 is 2.00 bits per heavy atom. The van der Waals surface area contributed by atoms with Crippen LogP contribution in [0.15, 0.2) is 24.3 Å². The van der Waals surface area contributed by atoms with Gasteiger partial charge in [0, 0.05) is 31.8 Å². The predicted molar refractivity (Wildman–Crippen MR) is 75.6 cm³/mol. The molecule has 1 heterocycles. The van der Waals surface area contributed by atoms with Crippen molar-refractivity contribution in [2.45, 2.75) is 25.7 Å². The first-order chi connectivity index (χ1) is 9.20. The smallest absolute Gasteiger partial charge is 0.222 e. The minimum absolute atomic E-state index is 0.194. The number of aliphatic hydroxyl groups is 1. The number of likely N-dealkylation sites (tertiary alicyclic amines) is 1. The Hall–Kier alpha value is -1.55. The number of nitrogen functional groups attached to an aromatic ring is 1. The van der Waals surface area contributed by atoms with Crippen molar-refractivity contribution in [1.82, 2.24) is 4.90 Å². The van der Waals surface area contributed by atoms with Gasteiger partial charge in [0.25, 0.3) is 0 Å². The van der Waals surface area contributed by atoms with Crippen molar-refractivity contribution < 1.29 is 9.90 Å². The molecule has 0 bridgehead atoms. The van der Waals surface area contributed by atoms with E-state index in [-0.39, 0.29) is 12.5 Å². The molecular weight excluding hydrogens is 240 g/mol. The van der Waals surface area contributed by atoms with Gasteiger partial charge >= 0.3 is 0 Å². The van der Waals surface area contributed by atoms with Crippen molar-refractivity contribution in [3.63, 3.8) is 0 Å². The molecule has 0 unspecified atom stereocenters. The maximum atomic E-state index is 12.1. The number of nitrogens with zero attached hydrogens (tertiary/aromatic N) is 1. The van der Waals surface area contributed by atoms with Gasteiger partial charge in [0.15, 0.2) is 0 Å². The summed E-state index contributed by atoms with van der Waals surface area (Å²) in [6.45, 7) is 1.78. The van der Waals surface area contributed by atoms with Crippen molar-refractivity contribution in [2.24, 2.45) is 5.92 Å². The third-order valence-electron chi connectivity index (χ3n) is 3.89. The van der Waals surface area contributed by atoms with E-state index in [1.54, 1.807) is 0 Å². The molecule has 4 heteroatoms. The van der Waals surface area contributed by atoms with Crippen LogP contribution >= 0.6 is 0 Å². The first-order valence-corrected chi connectivity index (χ1v) is 6.92. The minimum atomic E-state index is 0.194. The average molecular weight is 262 g/mol. The van der Waals surface area contributed by atoms with Crippen LogP contribution in [-0.2, 0) is 11.2 Å². The highest BCUT2D eigenvalue weighted by molar-refractivity contribution is 5.76. The summed E-state index contributed by atoms with van der Waals surface area (Å²) in [7, 11) is 0. The van der Waals surface area contributed by atoms with E-state index in [0.717, 1.165) is 37.2 Å². The number of amides is 1. The summed E-state index contributed by atoms with van der Waals surface area (Å²) in [6.07, 6.45) is 3.04. The molecule has 0 atom stereocenters. The number of carbonyl (C=O) groups is 1. The molecule has 0 radical (unpaired) electrons. The summed E-state index contributed by atoms with van der Waals surface area (Å²) in [6, 6.07) is 7.69. The molecule has 1 aliphatic heterocycles. The fraction of sp³-hybridized carbons (Fsp3) is 0.533. The number of aryl methyl sites for hydroxylation is 1. The Kier molecular flexibility index (Phi) is 4.80. The van der Waals surface area contributed by atoms with E-state index in [2.05, 4.69) is 0 Å². The summed E-state index contributed by atoms with van der Waals surface area (Å²) < 4.78 is 0. The molecule has 3 N–H and O–H groups in total. The number of para-hydroxylation sites is 1. The minimum Gasteiger partial charge on any atom is -0.399 e. The maximum absolute atomic E-state index is 12.1. The summed E-state index contributed by atoms with van der Waals surface area (Å²) in [4.78, 5) is 14.0. The molecule has 2 rings (SSSR count). The zero-order chi connectivity index (χ0) is 13.7. The molecule has 0 saturated carbocycles. The molecule has 1 fully saturated rings. The number of nitrogens with two attached hydrogens (primary N) is 1. The normalized spacial score (nSPS) is 16.6. The van der Waals surface area contributed by atoms with Crippen molar-refractivity contribution in [3.05, 3.63) is 29.8 Å². The van der Waals surface area contributed by atoms with Crippen LogP contribution in [0.3, 0.4) is 0 Å². The molecule has 0 aliphatic carbocycles. The number of hydrogen-bond donors (Lipinski definition) is 2. The van der Waals surface area contributed by atoms with Crippen LogP contribution in [0, 0.1) is 5.92 Å². The molecule has 1 aromatic carbocycles. The molecule has 0 aromatic heterocycles. The van der Waals surface area contributed by atoms with Gasteiger partial charge in [-0.3, -0.25) is 4.79 Å². The Bertz CT molecular complexity index is 426. The predicted octanol–water partition coefficient (Wildman–Crippen LogP) is 1.43. The van der Waals surface area contributed by atoms with Gasteiger partial charge in [-0.2, -0.15) is 0 Å². The van der Waals surface area contributed by atoms with E-state index in [0.29, 0.717) is 18.8 Å². The molecular formula is C15H22N2O2. The van der Waals surface area contributed by atoms with Crippen LogP contribution < -0.4 is 5.73 Å². The second-order valence-electron chi connectivity index (χ2n) is 5.21. The molecule has 1 aromatic rings. The van der Waals surface area contributed by atoms with Crippen LogP contribution in [0.5, 0.6) is 0 Å². The van der Waals surface area contributed by atoms with Gasteiger partial charge in [-0.1, -0.05) is 18.2 Å². The van der Waals surface area contributed by atoms with Gasteiger partial charge < -0.3 is 15.7 Å². The van der Waals surface area contributed by atoms with Crippen LogP contribution in [0.2, 0.25) is 0 Å². The molecule has 104 valence electrons. The lowest BCUT2D eigenvalue weighted by Gasteiger charge is -2.31. The third-order valence-corrected chi connectivity index (χ3v) is 3.89. The number of benzene rings is 1. The SMILES string of the molecule is Nc1ccccc1CCC(=O)N1CCC(CO)CC1. The van der Waals surface area contributed by atoms with E-state index < -0.39 is 0 Å². The van der Waals surface area contributed by atoms with E-state index in [4.69, 9.17) is 10.8 Å². The monoisotopic (exact) mass is 262 g/mol. The van der Waals surface area contributed by atoms with Crippen molar-refractivity contribution in [3.8, 4) is 0 Å². The number of hydrogen-bond acceptors (Lipinski definition) is 3. The Morgan fingerprint density at radius 3 is 2.63 bits per heavy atom. The molecule has 4 nitrogen and oxygen atoms in total. The highest BCUT2D eigenvalue weighted by Gasteiger charge is 2.21. The summed E-state index contributed by atoms with van der Waals surface area (Å²) >= 11 is 0. The summed E-state index contributed by atoms with van der Waals surface area (Å²) in [5.41, 5.74) is 7.67. The van der Waals surface area contributed by atoms with Gasteiger partial charge in [-0.05, 0) is 36.8 Å². The van der Waals surface area contributed by atoms with Crippen molar-refractivity contribution >= 4 is 11.6 Å². The van der Waals surface area contributed by atoms with Gasteiger partial charge in [-0.25, -0.2) is 0 Å². The highest BCUT2D eigenvalue weighted by Crippen LogP contribution is 2.18. The second kappa shape index (κ2) is 6.57. The maximum Gasteiger partial charge on any atom is 0.222 e. The Morgan fingerprint density at radius 1 is 1.32 bits per heavy atom. The Labute approximate surface area is 114 Å². The zero-order valence-corrected chi connectivity index (χ0v) is 11.2. The zero-order valence-electron chi connectivity index (χ0n) is 11.2. The van der Waals surface area contributed by atoms with Gasteiger partial charge in [0.2, 0.25) is 5.91 Å². The standard InChI is InChI=1S/C15H22N2O2/c16-14-4-2-1-3-13(14)5-6-15(19)17-9-7-12(11-18)8-10-17/h1-4,12,18H,5-11,16H2. The molecule has 0 spiro atoms. The van der Waals surface area contributed by atoms with Crippen LogP contribution in [-0.4, -0.2) is 35.6 Å². The number of anilines is 1. The van der Waals surface area contributed by atoms with Crippen molar-refractivity contribution in [2.75, 3.05) is 25.4 Å². The lowest BCUT2D eigenvalue weighted by Crippen LogP contribution is -2.39. The first kappa shape index (κ1) is 13.9. The first-order valence-electron chi connectivity index (χ1n) is 6.92. The van der Waals surface area contributed by atoms with E-state index in [1.165, 1.54) is 0 Å². The largest absolute Gasteiger partial charge is 0.399 e.